The van der Waals surface area contributed by atoms with Crippen molar-refractivity contribution >= 4 is 40.7 Å². The number of fused-ring (bicyclic) bond motifs is 4. The second-order valence-corrected chi connectivity index (χ2v) is 8.69. The van der Waals surface area contributed by atoms with Crippen LogP contribution in [0.5, 0.6) is 5.75 Å². The molecule has 0 bridgehead atoms. The van der Waals surface area contributed by atoms with E-state index in [9.17, 15) is 29.3 Å². The predicted molar refractivity (Wildman–Crippen MR) is 121 cm³/mol. The third-order valence-electron chi connectivity index (χ3n) is 6.94. The molecule has 12 heteroatoms. The van der Waals surface area contributed by atoms with Crippen molar-refractivity contribution in [2.45, 2.75) is 24.4 Å². The molecule has 4 N–H and O–H groups in total. The summed E-state index contributed by atoms with van der Waals surface area (Å²) in [6, 6.07) is 9.71. The quantitative estimate of drug-likeness (QED) is 0.310. The summed E-state index contributed by atoms with van der Waals surface area (Å²) in [6.45, 7) is 0. The average Bonchev–Trinajstić information content (AvgIpc) is 3.41. The molecular weight excluding hydrogens is 458 g/mol. The van der Waals surface area contributed by atoms with Gasteiger partial charge in [0.2, 0.25) is 23.6 Å². The Hall–Kier alpha value is -4.32. The van der Waals surface area contributed by atoms with Crippen LogP contribution in [0.15, 0.2) is 42.5 Å². The topological polar surface area (TPSA) is 174 Å². The molecular formula is C23H21N5O7. The molecule has 1 spiro atoms. The number of para-hydroxylation sites is 1. The van der Waals surface area contributed by atoms with Crippen LogP contribution in [0.2, 0.25) is 0 Å². The SMILES string of the molecule is COc1ccc([N+](=O)[O-])cc1N1C(=O)[C@H]2[C@H](CCC(N)=O)N[C@@]3(C(=O)Nc4ccccc43)[C@@H]2C1=O. The first-order valence-electron chi connectivity index (χ1n) is 10.9. The maximum Gasteiger partial charge on any atom is 0.271 e. The van der Waals surface area contributed by atoms with Crippen molar-refractivity contribution in [2.75, 3.05) is 17.3 Å². The zero-order valence-electron chi connectivity index (χ0n) is 18.5. The monoisotopic (exact) mass is 479 g/mol. The normalized spacial score (nSPS) is 26.6. The van der Waals surface area contributed by atoms with Gasteiger partial charge in [0, 0.05) is 35.8 Å². The summed E-state index contributed by atoms with van der Waals surface area (Å²) in [4.78, 5) is 64.2. The highest BCUT2D eigenvalue weighted by molar-refractivity contribution is 6.26. The summed E-state index contributed by atoms with van der Waals surface area (Å²) >= 11 is 0. The number of methoxy groups -OCH3 is 1. The highest BCUT2D eigenvalue weighted by Gasteiger charge is 2.70. The zero-order chi connectivity index (χ0) is 25.1. The molecule has 4 amide bonds. The van der Waals surface area contributed by atoms with Gasteiger partial charge in [-0.05, 0) is 18.6 Å². The standard InChI is InChI=1S/C23H21N5O7/c1-35-16-8-6-11(28(33)34)10-15(16)27-20(30)18-14(7-9-17(24)29)26-23(19(18)21(27)31)12-4-2-3-5-13(12)25-22(23)32/h2-6,8,10,14,18-19,26H,7,9H2,1H3,(H2,24,29)(H,25,32)/t14-,18-,19-,23+/m0/s1. The second-order valence-electron chi connectivity index (χ2n) is 8.69. The molecule has 2 aromatic rings. The smallest absolute Gasteiger partial charge is 0.271 e. The lowest BCUT2D eigenvalue weighted by Crippen LogP contribution is -2.53. The molecule has 0 unspecified atom stereocenters. The Morgan fingerprint density at radius 3 is 2.63 bits per heavy atom. The Kier molecular flexibility index (Phi) is 5.06. The number of anilines is 2. The van der Waals surface area contributed by atoms with Gasteiger partial charge in [-0.25, -0.2) is 4.90 Å². The van der Waals surface area contributed by atoms with Crippen LogP contribution in [0.3, 0.4) is 0 Å². The molecule has 2 aromatic carbocycles. The number of hydrogen-bond donors (Lipinski definition) is 3. The molecule has 3 heterocycles. The highest BCUT2D eigenvalue weighted by atomic mass is 16.6. The molecule has 180 valence electrons. The number of imide groups is 1. The first kappa shape index (κ1) is 22.5. The molecule has 0 aromatic heterocycles. The molecule has 3 aliphatic heterocycles. The van der Waals surface area contributed by atoms with Crippen molar-refractivity contribution in [3.8, 4) is 5.75 Å². The van der Waals surface area contributed by atoms with E-state index in [2.05, 4.69) is 10.6 Å². The van der Waals surface area contributed by atoms with Crippen LogP contribution in [0.4, 0.5) is 17.1 Å². The Morgan fingerprint density at radius 2 is 1.94 bits per heavy atom. The van der Waals surface area contributed by atoms with Gasteiger partial charge in [-0.15, -0.1) is 0 Å². The summed E-state index contributed by atoms with van der Waals surface area (Å²) in [5.74, 6) is -4.50. The third kappa shape index (κ3) is 3.10. The van der Waals surface area contributed by atoms with Crippen molar-refractivity contribution in [3.63, 3.8) is 0 Å². The molecule has 3 aliphatic rings. The molecule has 2 saturated heterocycles. The molecule has 35 heavy (non-hydrogen) atoms. The second kappa shape index (κ2) is 7.87. The molecule has 5 rings (SSSR count). The number of nitro groups is 1. The molecule has 0 radical (unpaired) electrons. The Bertz CT molecular complexity index is 1310. The number of carbonyl (C=O) groups is 4. The summed E-state index contributed by atoms with van der Waals surface area (Å²) in [5, 5.41) is 17.4. The van der Waals surface area contributed by atoms with E-state index in [-0.39, 0.29) is 30.0 Å². The van der Waals surface area contributed by atoms with E-state index in [1.54, 1.807) is 24.3 Å². The lowest BCUT2D eigenvalue weighted by Gasteiger charge is -2.29. The maximum atomic E-state index is 13.9. The largest absolute Gasteiger partial charge is 0.495 e. The number of primary amides is 1. The fourth-order valence-electron chi connectivity index (χ4n) is 5.51. The first-order chi connectivity index (χ1) is 16.7. The molecule has 0 saturated carbocycles. The third-order valence-corrected chi connectivity index (χ3v) is 6.94. The van der Waals surface area contributed by atoms with Gasteiger partial charge in [-0.3, -0.25) is 34.6 Å². The van der Waals surface area contributed by atoms with E-state index in [4.69, 9.17) is 10.5 Å². The Labute approximate surface area is 198 Å². The molecule has 0 aliphatic carbocycles. The summed E-state index contributed by atoms with van der Waals surface area (Å²) < 4.78 is 5.29. The van der Waals surface area contributed by atoms with Crippen molar-refractivity contribution in [1.82, 2.24) is 5.32 Å². The molecule has 12 nitrogen and oxygen atoms in total. The van der Waals surface area contributed by atoms with Crippen LogP contribution in [0, 0.1) is 22.0 Å². The lowest BCUT2D eigenvalue weighted by atomic mass is 9.76. The van der Waals surface area contributed by atoms with Crippen LogP contribution in [-0.4, -0.2) is 41.7 Å². The summed E-state index contributed by atoms with van der Waals surface area (Å²) in [5.41, 5.74) is 4.38. The van der Waals surface area contributed by atoms with Gasteiger partial charge < -0.3 is 15.8 Å². The van der Waals surface area contributed by atoms with Crippen molar-refractivity contribution in [1.29, 1.82) is 0 Å². The van der Waals surface area contributed by atoms with Crippen LogP contribution in [0.25, 0.3) is 0 Å². The average molecular weight is 479 g/mol. The number of hydrogen-bond acceptors (Lipinski definition) is 8. The molecule has 2 fully saturated rings. The van der Waals surface area contributed by atoms with Gasteiger partial charge in [0.05, 0.1) is 23.9 Å². The fraction of sp³-hybridized carbons (Fsp3) is 0.304. The van der Waals surface area contributed by atoms with E-state index in [0.717, 1.165) is 11.0 Å². The number of nitrogens with zero attached hydrogens (tertiary/aromatic N) is 2. The number of carbonyl (C=O) groups excluding carboxylic acids is 4. The van der Waals surface area contributed by atoms with E-state index in [1.165, 1.54) is 19.2 Å². The van der Waals surface area contributed by atoms with Crippen LogP contribution < -0.4 is 26.0 Å². The number of nitrogens with one attached hydrogen (secondary N) is 2. The number of rotatable bonds is 6. The van der Waals surface area contributed by atoms with Crippen molar-refractivity contribution in [3.05, 3.63) is 58.1 Å². The van der Waals surface area contributed by atoms with E-state index >= 15 is 0 Å². The number of nitro benzene ring substituents is 1. The fourth-order valence-corrected chi connectivity index (χ4v) is 5.51. The number of ether oxygens (including phenoxy) is 1. The lowest BCUT2D eigenvalue weighted by molar-refractivity contribution is -0.384. The summed E-state index contributed by atoms with van der Waals surface area (Å²) in [7, 11) is 1.32. The minimum absolute atomic E-state index is 0.0676. The minimum Gasteiger partial charge on any atom is -0.495 e. The zero-order valence-corrected chi connectivity index (χ0v) is 18.5. The van der Waals surface area contributed by atoms with E-state index < -0.39 is 52.0 Å². The van der Waals surface area contributed by atoms with Gasteiger partial charge in [-0.1, -0.05) is 18.2 Å². The van der Waals surface area contributed by atoms with Crippen LogP contribution in [-0.2, 0) is 24.7 Å². The number of nitrogens with two attached hydrogens (primary N) is 1. The Morgan fingerprint density at radius 1 is 1.20 bits per heavy atom. The maximum absolute atomic E-state index is 13.9. The van der Waals surface area contributed by atoms with Crippen molar-refractivity contribution < 1.29 is 28.8 Å². The number of amides is 4. The van der Waals surface area contributed by atoms with Crippen LogP contribution >= 0.6 is 0 Å². The number of non-ortho nitro benzene ring substituents is 1. The number of benzene rings is 2. The van der Waals surface area contributed by atoms with E-state index in [0.29, 0.717) is 11.3 Å². The first-order valence-corrected chi connectivity index (χ1v) is 10.9. The Balaban J connectivity index is 1.67. The van der Waals surface area contributed by atoms with Crippen molar-refractivity contribution in [2.24, 2.45) is 17.6 Å². The van der Waals surface area contributed by atoms with Gasteiger partial charge in [0.15, 0.2) is 0 Å². The van der Waals surface area contributed by atoms with Gasteiger partial charge in [-0.2, -0.15) is 0 Å². The predicted octanol–water partition coefficient (Wildman–Crippen LogP) is 0.794. The molecule has 4 atom stereocenters. The van der Waals surface area contributed by atoms with Gasteiger partial charge in [0.1, 0.15) is 17.0 Å². The highest BCUT2D eigenvalue weighted by Crippen LogP contribution is 2.54. The van der Waals surface area contributed by atoms with Gasteiger partial charge in [0.25, 0.3) is 5.69 Å². The van der Waals surface area contributed by atoms with Crippen LogP contribution in [0.1, 0.15) is 18.4 Å². The van der Waals surface area contributed by atoms with E-state index in [1.807, 2.05) is 0 Å². The van der Waals surface area contributed by atoms with Gasteiger partial charge >= 0.3 is 0 Å². The minimum atomic E-state index is -1.56. The summed E-state index contributed by atoms with van der Waals surface area (Å²) in [6.07, 6.45) is 0.0501.